The van der Waals surface area contributed by atoms with Crippen LogP contribution in [0.4, 0.5) is 0 Å². The Bertz CT molecular complexity index is 160. The first-order valence-corrected chi connectivity index (χ1v) is 5.63. The van der Waals surface area contributed by atoms with Crippen molar-refractivity contribution >= 4 is 18.5 Å². The molecule has 0 aromatic carbocycles. The molecule has 0 aromatic heterocycles. The first kappa shape index (κ1) is 13.8. The maximum Gasteiger partial charge on any atom is 0.232 e. The number of thiol groups is 1. The van der Waals surface area contributed by atoms with Gasteiger partial charge >= 0.3 is 0 Å². The van der Waals surface area contributed by atoms with Crippen molar-refractivity contribution in [3.05, 3.63) is 0 Å². The van der Waals surface area contributed by atoms with Crippen LogP contribution < -0.4 is 5.32 Å². The van der Waals surface area contributed by atoms with Crippen LogP contribution in [0.2, 0.25) is 0 Å². The zero-order chi connectivity index (χ0) is 11.0. The third kappa shape index (κ3) is 8.38. The number of carbonyl (C=O) groups excluding carboxylic acids is 1. The first-order chi connectivity index (χ1) is 6.54. The summed E-state index contributed by atoms with van der Waals surface area (Å²) in [5.74, 6) is -0.00175. The van der Waals surface area contributed by atoms with E-state index in [1.165, 1.54) is 0 Å². The van der Waals surface area contributed by atoms with Gasteiger partial charge in [0, 0.05) is 13.2 Å². The number of rotatable bonds is 7. The molecule has 0 heterocycles. The summed E-state index contributed by atoms with van der Waals surface area (Å²) in [5, 5.41) is 2.58. The van der Waals surface area contributed by atoms with E-state index in [2.05, 4.69) is 17.9 Å². The zero-order valence-corrected chi connectivity index (χ0v) is 10.1. The Morgan fingerprint density at radius 2 is 2.00 bits per heavy atom. The minimum Gasteiger partial charge on any atom is -0.379 e. The summed E-state index contributed by atoms with van der Waals surface area (Å²) >= 11 is 4.03. The Hall–Kier alpha value is -0.220. The van der Waals surface area contributed by atoms with Gasteiger partial charge in [0.2, 0.25) is 5.91 Å². The lowest BCUT2D eigenvalue weighted by molar-refractivity contribution is -0.120. The molecule has 0 saturated carbocycles. The maximum absolute atomic E-state index is 11.1. The average Bonchev–Trinajstić information content (AvgIpc) is 2.09. The van der Waals surface area contributed by atoms with E-state index in [0.29, 0.717) is 12.6 Å². The molecule has 0 rings (SSSR count). The molecular weight excluding hydrogens is 198 g/mol. The molecule has 0 fully saturated rings. The molecule has 0 spiro atoms. The fraction of sp³-hybridized carbons (Fsp3) is 0.900. The van der Waals surface area contributed by atoms with E-state index in [1.54, 1.807) is 6.92 Å². The van der Waals surface area contributed by atoms with Crippen LogP contribution in [-0.4, -0.2) is 30.4 Å². The normalized spacial score (nSPS) is 12.9. The van der Waals surface area contributed by atoms with Gasteiger partial charge in [0.1, 0.15) is 0 Å². The van der Waals surface area contributed by atoms with Crippen LogP contribution in [0.25, 0.3) is 0 Å². The Morgan fingerprint density at radius 1 is 1.36 bits per heavy atom. The van der Waals surface area contributed by atoms with Crippen molar-refractivity contribution < 1.29 is 9.53 Å². The van der Waals surface area contributed by atoms with Gasteiger partial charge in [0.25, 0.3) is 0 Å². The smallest absolute Gasteiger partial charge is 0.232 e. The lowest BCUT2D eigenvalue weighted by Crippen LogP contribution is -2.30. The Labute approximate surface area is 92.0 Å². The van der Waals surface area contributed by atoms with Gasteiger partial charge in [-0.2, -0.15) is 12.6 Å². The van der Waals surface area contributed by atoms with Gasteiger partial charge in [-0.05, 0) is 33.6 Å². The second kappa shape index (κ2) is 8.12. The van der Waals surface area contributed by atoms with Crippen LogP contribution in [0.15, 0.2) is 0 Å². The van der Waals surface area contributed by atoms with E-state index < -0.39 is 0 Å². The summed E-state index contributed by atoms with van der Waals surface area (Å²) < 4.78 is 5.37. The highest BCUT2D eigenvalue weighted by atomic mass is 32.1. The second-order valence-electron chi connectivity index (χ2n) is 3.59. The van der Waals surface area contributed by atoms with Crippen LogP contribution >= 0.6 is 12.6 Å². The Balaban J connectivity index is 3.18. The molecule has 84 valence electrons. The molecule has 0 saturated heterocycles. The number of amides is 1. The summed E-state index contributed by atoms with van der Waals surface area (Å²) in [4.78, 5) is 11.1. The molecule has 0 aromatic rings. The SMILES string of the molecule is CC(C)OCCCCNC(=O)C(C)S. The van der Waals surface area contributed by atoms with Crippen molar-refractivity contribution in [2.45, 2.75) is 45.0 Å². The number of ether oxygens (including phenoxy) is 1. The van der Waals surface area contributed by atoms with Crippen LogP contribution in [0.3, 0.4) is 0 Å². The van der Waals surface area contributed by atoms with Crippen molar-refractivity contribution in [3.63, 3.8) is 0 Å². The van der Waals surface area contributed by atoms with Crippen molar-refractivity contribution in [1.29, 1.82) is 0 Å². The molecule has 0 radical (unpaired) electrons. The van der Waals surface area contributed by atoms with Crippen LogP contribution in [-0.2, 0) is 9.53 Å². The fourth-order valence-electron chi connectivity index (χ4n) is 0.905. The summed E-state index contributed by atoms with van der Waals surface area (Å²) in [5.41, 5.74) is 0. The van der Waals surface area contributed by atoms with Gasteiger partial charge in [0.15, 0.2) is 0 Å². The molecular formula is C10H21NO2S. The largest absolute Gasteiger partial charge is 0.379 e. The standard InChI is InChI=1S/C10H21NO2S/c1-8(2)13-7-5-4-6-11-10(12)9(3)14/h8-9,14H,4-7H2,1-3H3,(H,11,12). The highest BCUT2D eigenvalue weighted by molar-refractivity contribution is 7.81. The quantitative estimate of drug-likeness (QED) is 0.504. The maximum atomic E-state index is 11.1. The number of nitrogens with one attached hydrogen (secondary N) is 1. The highest BCUT2D eigenvalue weighted by Gasteiger charge is 2.05. The molecule has 14 heavy (non-hydrogen) atoms. The predicted octanol–water partition coefficient (Wildman–Crippen LogP) is 1.63. The Kier molecular flexibility index (Phi) is 7.99. The highest BCUT2D eigenvalue weighted by Crippen LogP contribution is 1.95. The fourth-order valence-corrected chi connectivity index (χ4v) is 0.997. The van der Waals surface area contributed by atoms with Gasteiger partial charge in [-0.25, -0.2) is 0 Å². The molecule has 0 aliphatic carbocycles. The second-order valence-corrected chi connectivity index (χ2v) is 4.37. The first-order valence-electron chi connectivity index (χ1n) is 5.11. The molecule has 1 unspecified atom stereocenters. The van der Waals surface area contributed by atoms with Gasteiger partial charge in [-0.1, -0.05) is 0 Å². The number of carbonyl (C=O) groups is 1. The third-order valence-corrected chi connectivity index (χ3v) is 1.94. The van der Waals surface area contributed by atoms with Crippen molar-refractivity contribution in [1.82, 2.24) is 5.32 Å². The van der Waals surface area contributed by atoms with Crippen molar-refractivity contribution in [2.75, 3.05) is 13.2 Å². The topological polar surface area (TPSA) is 38.3 Å². The van der Waals surface area contributed by atoms with E-state index in [4.69, 9.17) is 4.74 Å². The minimum atomic E-state index is -0.220. The number of hydrogen-bond acceptors (Lipinski definition) is 3. The molecule has 0 aliphatic rings. The van der Waals surface area contributed by atoms with Crippen LogP contribution in [0.1, 0.15) is 33.6 Å². The lowest BCUT2D eigenvalue weighted by atomic mass is 10.3. The summed E-state index contributed by atoms with van der Waals surface area (Å²) in [6, 6.07) is 0. The monoisotopic (exact) mass is 219 g/mol. The van der Waals surface area contributed by atoms with Gasteiger partial charge in [0.05, 0.1) is 11.4 Å². The predicted molar refractivity (Wildman–Crippen MR) is 61.8 cm³/mol. The summed E-state index contributed by atoms with van der Waals surface area (Å²) in [7, 11) is 0. The molecule has 4 heteroatoms. The summed E-state index contributed by atoms with van der Waals surface area (Å²) in [6.45, 7) is 7.28. The molecule has 0 bridgehead atoms. The summed E-state index contributed by atoms with van der Waals surface area (Å²) in [6.07, 6.45) is 2.24. The Morgan fingerprint density at radius 3 is 2.50 bits per heavy atom. The van der Waals surface area contributed by atoms with Gasteiger partial charge in [-0.3, -0.25) is 4.79 Å². The molecule has 3 nitrogen and oxygen atoms in total. The number of hydrogen-bond donors (Lipinski definition) is 2. The van der Waals surface area contributed by atoms with E-state index in [-0.39, 0.29) is 11.2 Å². The van der Waals surface area contributed by atoms with Gasteiger partial charge in [-0.15, -0.1) is 0 Å². The lowest BCUT2D eigenvalue weighted by Gasteiger charge is -2.08. The van der Waals surface area contributed by atoms with E-state index in [1.807, 2.05) is 13.8 Å². The van der Waals surface area contributed by atoms with E-state index >= 15 is 0 Å². The molecule has 1 atom stereocenters. The van der Waals surface area contributed by atoms with Crippen molar-refractivity contribution in [3.8, 4) is 0 Å². The van der Waals surface area contributed by atoms with E-state index in [0.717, 1.165) is 19.4 Å². The minimum absolute atomic E-state index is 0.00175. The average molecular weight is 219 g/mol. The molecule has 1 N–H and O–H groups in total. The van der Waals surface area contributed by atoms with Crippen molar-refractivity contribution in [2.24, 2.45) is 0 Å². The van der Waals surface area contributed by atoms with E-state index in [9.17, 15) is 4.79 Å². The third-order valence-electron chi connectivity index (χ3n) is 1.70. The van der Waals surface area contributed by atoms with Crippen LogP contribution in [0, 0.1) is 0 Å². The number of unbranched alkanes of at least 4 members (excludes halogenated alkanes) is 1. The van der Waals surface area contributed by atoms with Crippen LogP contribution in [0.5, 0.6) is 0 Å². The zero-order valence-electron chi connectivity index (χ0n) is 9.25. The molecule has 1 amide bonds. The van der Waals surface area contributed by atoms with Gasteiger partial charge < -0.3 is 10.1 Å². The molecule has 0 aliphatic heterocycles.